The minimum atomic E-state index is 0.438. The lowest BCUT2D eigenvalue weighted by atomic mass is 10.1. The van der Waals surface area contributed by atoms with Gasteiger partial charge in [-0.05, 0) is 50.7 Å². The van der Waals surface area contributed by atoms with Crippen molar-refractivity contribution in [1.82, 2.24) is 4.90 Å². The maximum Gasteiger partial charge on any atom is 0.134 e. The first-order chi connectivity index (χ1) is 8.28. The van der Waals surface area contributed by atoms with Gasteiger partial charge in [0.25, 0.3) is 0 Å². The van der Waals surface area contributed by atoms with Crippen molar-refractivity contribution in [1.29, 1.82) is 0 Å². The number of ether oxygens (including phenoxy) is 1. The molecule has 2 aromatic rings. The maximum atomic E-state index is 5.92. The van der Waals surface area contributed by atoms with Crippen molar-refractivity contribution in [2.45, 2.75) is 18.9 Å². The van der Waals surface area contributed by atoms with Crippen LogP contribution >= 0.6 is 0 Å². The monoisotopic (exact) mass is 231 g/mol. The van der Waals surface area contributed by atoms with Crippen molar-refractivity contribution in [3.8, 4) is 5.75 Å². The molecule has 1 atom stereocenters. The first-order valence-electron chi connectivity index (χ1n) is 6.05. The summed E-state index contributed by atoms with van der Waals surface area (Å²) in [4.78, 5) is 2.36. The van der Waals surface area contributed by atoms with Crippen LogP contribution in [-0.4, -0.2) is 25.6 Å². The third-order valence-corrected chi connectivity index (χ3v) is 3.59. The Labute approximate surface area is 101 Å². The Morgan fingerprint density at radius 1 is 1.35 bits per heavy atom. The summed E-state index contributed by atoms with van der Waals surface area (Å²) in [6.07, 6.45) is 2.44. The fourth-order valence-electron chi connectivity index (χ4n) is 2.60. The van der Waals surface area contributed by atoms with Crippen LogP contribution in [-0.2, 0) is 0 Å². The summed E-state index contributed by atoms with van der Waals surface area (Å²) in [6, 6.07) is 8.52. The first-order valence-corrected chi connectivity index (χ1v) is 6.05. The van der Waals surface area contributed by atoms with E-state index >= 15 is 0 Å². The third kappa shape index (κ3) is 1.80. The van der Waals surface area contributed by atoms with Crippen molar-refractivity contribution in [2.75, 3.05) is 20.7 Å². The second kappa shape index (κ2) is 4.08. The molecule has 1 aliphatic rings. The summed E-state index contributed by atoms with van der Waals surface area (Å²) in [6.45, 7) is 1.16. The van der Waals surface area contributed by atoms with E-state index in [0.29, 0.717) is 6.04 Å². The molecule has 0 bridgehead atoms. The van der Waals surface area contributed by atoms with Gasteiger partial charge in [-0.15, -0.1) is 0 Å². The number of hydrogen-bond acceptors (Lipinski definition) is 3. The van der Waals surface area contributed by atoms with Gasteiger partial charge in [0.1, 0.15) is 17.1 Å². The van der Waals surface area contributed by atoms with Crippen molar-refractivity contribution >= 4 is 11.0 Å². The van der Waals surface area contributed by atoms with Gasteiger partial charge >= 0.3 is 0 Å². The normalized spacial score (nSPS) is 21.2. The van der Waals surface area contributed by atoms with Crippen LogP contribution < -0.4 is 4.74 Å². The van der Waals surface area contributed by atoms with E-state index < -0.39 is 0 Å². The van der Waals surface area contributed by atoms with Gasteiger partial charge in [-0.1, -0.05) is 0 Å². The number of likely N-dealkylation sites (tertiary alicyclic amines) is 1. The Bertz CT molecular complexity index is 532. The molecule has 0 N–H and O–H groups in total. The van der Waals surface area contributed by atoms with Crippen LogP contribution in [0, 0.1) is 0 Å². The highest BCUT2D eigenvalue weighted by Gasteiger charge is 2.25. The minimum absolute atomic E-state index is 0.438. The highest BCUT2D eigenvalue weighted by Crippen LogP contribution is 2.34. The molecule has 0 aliphatic carbocycles. The molecule has 17 heavy (non-hydrogen) atoms. The minimum Gasteiger partial charge on any atom is -0.497 e. The Kier molecular flexibility index (Phi) is 2.56. The predicted octanol–water partition coefficient (Wildman–Crippen LogP) is 3.21. The van der Waals surface area contributed by atoms with E-state index in [1.165, 1.54) is 12.8 Å². The van der Waals surface area contributed by atoms with Gasteiger partial charge in [0.15, 0.2) is 0 Å². The van der Waals surface area contributed by atoms with E-state index in [1.54, 1.807) is 7.11 Å². The molecule has 2 heterocycles. The smallest absolute Gasteiger partial charge is 0.134 e. The maximum absolute atomic E-state index is 5.92. The summed E-state index contributed by atoms with van der Waals surface area (Å²) in [5.41, 5.74) is 0.945. The Balaban J connectivity index is 2.01. The second-order valence-electron chi connectivity index (χ2n) is 4.69. The van der Waals surface area contributed by atoms with Gasteiger partial charge in [-0.2, -0.15) is 0 Å². The molecule has 0 spiro atoms. The van der Waals surface area contributed by atoms with E-state index in [9.17, 15) is 0 Å². The Morgan fingerprint density at radius 3 is 2.94 bits per heavy atom. The summed E-state index contributed by atoms with van der Waals surface area (Å²) in [7, 11) is 3.85. The van der Waals surface area contributed by atoms with Crippen LogP contribution in [0.5, 0.6) is 5.75 Å². The lowest BCUT2D eigenvalue weighted by Gasteiger charge is -2.16. The van der Waals surface area contributed by atoms with Gasteiger partial charge in [-0.3, -0.25) is 4.90 Å². The summed E-state index contributed by atoms with van der Waals surface area (Å²) >= 11 is 0. The molecule has 1 aliphatic heterocycles. The number of rotatable bonds is 2. The lowest BCUT2D eigenvalue weighted by molar-refractivity contribution is 0.281. The van der Waals surface area contributed by atoms with E-state index in [1.807, 2.05) is 18.2 Å². The van der Waals surface area contributed by atoms with Crippen LogP contribution in [0.4, 0.5) is 0 Å². The molecule has 1 unspecified atom stereocenters. The summed E-state index contributed by atoms with van der Waals surface area (Å²) in [5.74, 6) is 1.96. The van der Waals surface area contributed by atoms with E-state index in [-0.39, 0.29) is 0 Å². The lowest BCUT2D eigenvalue weighted by Crippen LogP contribution is -2.16. The van der Waals surface area contributed by atoms with E-state index in [2.05, 4.69) is 18.0 Å². The van der Waals surface area contributed by atoms with Gasteiger partial charge in [0.05, 0.1) is 13.2 Å². The molecule has 1 aromatic carbocycles. The first kappa shape index (κ1) is 10.7. The molecule has 1 fully saturated rings. The van der Waals surface area contributed by atoms with Crippen LogP contribution in [0.25, 0.3) is 11.0 Å². The van der Waals surface area contributed by atoms with Crippen molar-refractivity contribution < 1.29 is 9.15 Å². The molecular weight excluding hydrogens is 214 g/mol. The van der Waals surface area contributed by atoms with Crippen LogP contribution in [0.3, 0.4) is 0 Å². The highest BCUT2D eigenvalue weighted by atomic mass is 16.5. The van der Waals surface area contributed by atoms with Crippen molar-refractivity contribution in [2.24, 2.45) is 0 Å². The topological polar surface area (TPSA) is 25.6 Å². The predicted molar refractivity (Wildman–Crippen MR) is 67.4 cm³/mol. The van der Waals surface area contributed by atoms with Crippen molar-refractivity contribution in [3.05, 3.63) is 30.0 Å². The van der Waals surface area contributed by atoms with Crippen molar-refractivity contribution in [3.63, 3.8) is 0 Å². The zero-order valence-electron chi connectivity index (χ0n) is 10.3. The number of benzene rings is 1. The Morgan fingerprint density at radius 2 is 2.24 bits per heavy atom. The average Bonchev–Trinajstić information content (AvgIpc) is 2.93. The third-order valence-electron chi connectivity index (χ3n) is 3.59. The molecule has 0 saturated carbocycles. The molecule has 0 amide bonds. The number of nitrogens with zero attached hydrogens (tertiary/aromatic N) is 1. The van der Waals surface area contributed by atoms with E-state index in [4.69, 9.17) is 9.15 Å². The molecule has 90 valence electrons. The quantitative estimate of drug-likeness (QED) is 0.793. The molecule has 1 saturated heterocycles. The van der Waals surface area contributed by atoms with E-state index in [0.717, 1.165) is 29.0 Å². The fraction of sp³-hybridized carbons (Fsp3) is 0.429. The number of fused-ring (bicyclic) bond motifs is 1. The number of furan rings is 1. The largest absolute Gasteiger partial charge is 0.497 e. The molecule has 3 heteroatoms. The molecule has 0 radical (unpaired) electrons. The molecule has 3 nitrogen and oxygen atoms in total. The fourth-order valence-corrected chi connectivity index (χ4v) is 2.60. The van der Waals surface area contributed by atoms with Crippen LogP contribution in [0.2, 0.25) is 0 Å². The van der Waals surface area contributed by atoms with Gasteiger partial charge in [0.2, 0.25) is 0 Å². The SMILES string of the molecule is COc1ccc2oc(C3CCCN3C)cc2c1. The summed E-state index contributed by atoms with van der Waals surface area (Å²) < 4.78 is 11.2. The molecule has 3 rings (SSSR count). The standard InChI is InChI=1S/C14H17NO2/c1-15-7-3-4-12(15)14-9-10-8-11(16-2)5-6-13(10)17-14/h5-6,8-9,12H,3-4,7H2,1-2H3. The highest BCUT2D eigenvalue weighted by molar-refractivity contribution is 5.79. The number of methoxy groups -OCH3 is 1. The van der Waals surface area contributed by atoms with Gasteiger partial charge in [-0.25, -0.2) is 0 Å². The summed E-state index contributed by atoms with van der Waals surface area (Å²) in [5, 5.41) is 1.12. The Hall–Kier alpha value is -1.48. The zero-order valence-corrected chi connectivity index (χ0v) is 10.3. The zero-order chi connectivity index (χ0) is 11.8. The van der Waals surface area contributed by atoms with Gasteiger partial charge < -0.3 is 9.15 Å². The molecule has 1 aromatic heterocycles. The second-order valence-corrected chi connectivity index (χ2v) is 4.69. The van der Waals surface area contributed by atoms with Crippen LogP contribution in [0.15, 0.2) is 28.7 Å². The number of hydrogen-bond donors (Lipinski definition) is 0. The van der Waals surface area contributed by atoms with Gasteiger partial charge in [0, 0.05) is 5.39 Å². The average molecular weight is 231 g/mol. The molecular formula is C14H17NO2. The van der Waals surface area contributed by atoms with Crippen LogP contribution in [0.1, 0.15) is 24.6 Å².